The average Bonchev–Trinajstić information content (AvgIpc) is 2.90. The van der Waals surface area contributed by atoms with Gasteiger partial charge in [-0.05, 0) is 48.9 Å². The first-order valence-corrected chi connectivity index (χ1v) is 14.8. The van der Waals surface area contributed by atoms with Crippen molar-refractivity contribution in [3.05, 3.63) is 78.1 Å². The highest BCUT2D eigenvalue weighted by Gasteiger charge is 2.31. The number of nitrogens with zero attached hydrogens (tertiary/aromatic N) is 2. The maximum atomic E-state index is 13.8. The van der Waals surface area contributed by atoms with Gasteiger partial charge >= 0.3 is 0 Å². The van der Waals surface area contributed by atoms with E-state index in [4.69, 9.17) is 0 Å². The molecule has 0 saturated heterocycles. The molecular weight excluding hydrogens is 505 g/mol. The number of benzene rings is 3. The quantitative estimate of drug-likeness (QED) is 0.430. The van der Waals surface area contributed by atoms with E-state index in [1.807, 2.05) is 30.3 Å². The molecule has 1 N–H and O–H groups in total. The van der Waals surface area contributed by atoms with Crippen molar-refractivity contribution in [2.75, 3.05) is 17.1 Å². The molecule has 0 spiro atoms. The van der Waals surface area contributed by atoms with Crippen molar-refractivity contribution in [3.8, 4) is 0 Å². The molecule has 2 amide bonds. The van der Waals surface area contributed by atoms with Gasteiger partial charge in [0.05, 0.1) is 11.9 Å². The second-order valence-corrected chi connectivity index (χ2v) is 11.8. The Hall–Kier alpha value is -3.46. The number of rotatable bonds is 9. The first kappa shape index (κ1) is 27.6. The number of sulfonamides is 1. The maximum Gasteiger partial charge on any atom is 0.244 e. The number of amides is 2. The number of hydrogen-bond donors (Lipinski definition) is 1. The number of hydrogen-bond acceptors (Lipinski definition) is 4. The molecule has 1 aliphatic rings. The van der Waals surface area contributed by atoms with Crippen LogP contribution in [-0.2, 0) is 26.2 Å². The van der Waals surface area contributed by atoms with Crippen LogP contribution in [0.15, 0.2) is 66.7 Å². The van der Waals surface area contributed by atoms with Crippen molar-refractivity contribution >= 4 is 38.3 Å². The van der Waals surface area contributed by atoms with E-state index in [2.05, 4.69) is 5.32 Å². The molecule has 9 heteroatoms. The first-order valence-electron chi connectivity index (χ1n) is 12.9. The molecule has 7 nitrogen and oxygen atoms in total. The summed E-state index contributed by atoms with van der Waals surface area (Å²) >= 11 is 0. The van der Waals surface area contributed by atoms with Crippen LogP contribution in [0.1, 0.15) is 44.6 Å². The molecule has 1 atom stereocenters. The minimum absolute atomic E-state index is 0.0332. The molecule has 1 fully saturated rings. The van der Waals surface area contributed by atoms with Gasteiger partial charge in [0.25, 0.3) is 0 Å². The Morgan fingerprint density at radius 3 is 2.32 bits per heavy atom. The van der Waals surface area contributed by atoms with Gasteiger partial charge < -0.3 is 10.2 Å². The van der Waals surface area contributed by atoms with Crippen molar-refractivity contribution < 1.29 is 22.4 Å². The van der Waals surface area contributed by atoms with E-state index in [0.29, 0.717) is 16.6 Å². The van der Waals surface area contributed by atoms with Gasteiger partial charge in [0.15, 0.2) is 0 Å². The van der Waals surface area contributed by atoms with Crippen molar-refractivity contribution in [2.24, 2.45) is 0 Å². The van der Waals surface area contributed by atoms with Gasteiger partial charge in [-0.3, -0.25) is 13.9 Å². The Morgan fingerprint density at radius 1 is 0.974 bits per heavy atom. The third-order valence-corrected chi connectivity index (χ3v) is 8.23. The average molecular weight is 540 g/mol. The molecule has 0 aliphatic heterocycles. The predicted octanol–water partition coefficient (Wildman–Crippen LogP) is 4.61. The Kier molecular flexibility index (Phi) is 8.66. The highest BCUT2D eigenvalue weighted by molar-refractivity contribution is 7.92. The normalized spacial score (nSPS) is 15.1. The minimum atomic E-state index is -3.85. The van der Waals surface area contributed by atoms with Gasteiger partial charge in [-0.25, -0.2) is 12.8 Å². The van der Waals surface area contributed by atoms with Crippen molar-refractivity contribution in [1.82, 2.24) is 10.2 Å². The summed E-state index contributed by atoms with van der Waals surface area (Å²) in [5.41, 5.74) is 1.02. The summed E-state index contributed by atoms with van der Waals surface area (Å²) in [6, 6.07) is 17.5. The van der Waals surface area contributed by atoms with Crippen LogP contribution in [0.2, 0.25) is 0 Å². The molecule has 0 heterocycles. The Labute approximate surface area is 223 Å². The highest BCUT2D eigenvalue weighted by atomic mass is 32.2. The van der Waals surface area contributed by atoms with Crippen LogP contribution >= 0.6 is 0 Å². The number of halogens is 1. The molecule has 1 aliphatic carbocycles. The zero-order chi connectivity index (χ0) is 27.3. The highest BCUT2D eigenvalue weighted by Crippen LogP contribution is 2.29. The maximum absolute atomic E-state index is 13.8. The fraction of sp³-hybridized carbons (Fsp3) is 0.379. The summed E-state index contributed by atoms with van der Waals surface area (Å²) < 4.78 is 40.5. The van der Waals surface area contributed by atoms with Crippen molar-refractivity contribution in [2.45, 2.75) is 57.7 Å². The van der Waals surface area contributed by atoms with E-state index in [-0.39, 0.29) is 18.5 Å². The van der Waals surface area contributed by atoms with Gasteiger partial charge in [0.1, 0.15) is 18.4 Å². The van der Waals surface area contributed by atoms with E-state index in [0.717, 1.165) is 48.1 Å². The van der Waals surface area contributed by atoms with Gasteiger partial charge in [-0.2, -0.15) is 0 Å². The number of nitrogens with one attached hydrogen (secondary N) is 1. The SMILES string of the molecule is C[C@@H](C(=O)NC1CCCCC1)N(Cc1ccc(F)cc1)C(=O)CN(c1cccc2ccccc12)S(C)(=O)=O. The number of carbonyl (C=O) groups is 2. The van der Waals surface area contributed by atoms with Gasteiger partial charge in [-0.1, -0.05) is 67.8 Å². The first-order chi connectivity index (χ1) is 18.1. The van der Waals surface area contributed by atoms with E-state index >= 15 is 0 Å². The molecule has 3 aromatic rings. The lowest BCUT2D eigenvalue weighted by Crippen LogP contribution is -2.53. The Balaban J connectivity index is 1.64. The smallest absolute Gasteiger partial charge is 0.244 e. The van der Waals surface area contributed by atoms with Gasteiger partial charge in [0.2, 0.25) is 21.8 Å². The zero-order valence-electron chi connectivity index (χ0n) is 21.8. The summed E-state index contributed by atoms with van der Waals surface area (Å²) in [4.78, 5) is 28.4. The largest absolute Gasteiger partial charge is 0.352 e. The van der Waals surface area contributed by atoms with Gasteiger partial charge in [0, 0.05) is 18.0 Å². The van der Waals surface area contributed by atoms with Crippen LogP contribution in [-0.4, -0.2) is 50.0 Å². The molecule has 38 heavy (non-hydrogen) atoms. The van der Waals surface area contributed by atoms with Gasteiger partial charge in [-0.15, -0.1) is 0 Å². The van der Waals surface area contributed by atoms with E-state index in [1.165, 1.54) is 17.0 Å². The summed E-state index contributed by atoms with van der Waals surface area (Å²) in [5, 5.41) is 4.60. The summed E-state index contributed by atoms with van der Waals surface area (Å²) in [7, 11) is -3.85. The molecule has 3 aromatic carbocycles. The van der Waals surface area contributed by atoms with Crippen LogP contribution in [0.4, 0.5) is 10.1 Å². The summed E-state index contributed by atoms with van der Waals surface area (Å²) in [6.45, 7) is 1.20. The van der Waals surface area contributed by atoms with Crippen LogP contribution in [0.3, 0.4) is 0 Å². The third kappa shape index (κ3) is 6.69. The predicted molar refractivity (Wildman–Crippen MR) is 148 cm³/mol. The monoisotopic (exact) mass is 539 g/mol. The second kappa shape index (κ2) is 11.9. The fourth-order valence-corrected chi connectivity index (χ4v) is 5.82. The third-order valence-electron chi connectivity index (χ3n) is 7.10. The fourth-order valence-electron chi connectivity index (χ4n) is 4.96. The zero-order valence-corrected chi connectivity index (χ0v) is 22.6. The second-order valence-electron chi connectivity index (χ2n) is 9.94. The molecule has 0 unspecified atom stereocenters. The van der Waals surface area contributed by atoms with Crippen LogP contribution < -0.4 is 9.62 Å². The molecule has 1 saturated carbocycles. The number of fused-ring (bicyclic) bond motifs is 1. The van der Waals surface area contributed by atoms with E-state index in [1.54, 1.807) is 31.2 Å². The molecular formula is C29H34FN3O4S. The summed E-state index contributed by atoms with van der Waals surface area (Å²) in [6.07, 6.45) is 6.09. The lowest BCUT2D eigenvalue weighted by atomic mass is 9.95. The molecule has 0 radical (unpaired) electrons. The Morgan fingerprint density at radius 2 is 1.63 bits per heavy atom. The standard InChI is InChI=1S/C29H34FN3O4S/c1-21(29(35)31-25-11-4-3-5-12-25)32(19-22-15-17-24(30)18-16-22)28(34)20-33(38(2,36)37)27-14-8-10-23-9-6-7-13-26(23)27/h6-10,13-18,21,25H,3-5,11-12,19-20H2,1-2H3,(H,31,35)/t21-/m0/s1. The molecule has 0 aromatic heterocycles. The molecule has 4 rings (SSSR count). The minimum Gasteiger partial charge on any atom is -0.352 e. The number of carbonyl (C=O) groups excluding carboxylic acids is 2. The van der Waals surface area contributed by atoms with Crippen LogP contribution in [0.25, 0.3) is 10.8 Å². The number of anilines is 1. The Bertz CT molecular complexity index is 1380. The lowest BCUT2D eigenvalue weighted by molar-refractivity contribution is -0.139. The van der Waals surface area contributed by atoms with Crippen LogP contribution in [0.5, 0.6) is 0 Å². The van der Waals surface area contributed by atoms with Crippen molar-refractivity contribution in [1.29, 1.82) is 0 Å². The topological polar surface area (TPSA) is 86.8 Å². The summed E-state index contributed by atoms with van der Waals surface area (Å²) in [5.74, 6) is -1.23. The molecule has 202 valence electrons. The lowest BCUT2D eigenvalue weighted by Gasteiger charge is -2.33. The molecule has 0 bridgehead atoms. The van der Waals surface area contributed by atoms with Crippen molar-refractivity contribution in [3.63, 3.8) is 0 Å². The van der Waals surface area contributed by atoms with E-state index in [9.17, 15) is 22.4 Å². The van der Waals surface area contributed by atoms with E-state index < -0.39 is 34.3 Å². The van der Waals surface area contributed by atoms with Crippen LogP contribution in [0, 0.1) is 5.82 Å².